The molecule has 4 nitrogen and oxygen atoms in total. The number of nitrogens with one attached hydrogen (secondary N) is 2. The smallest absolute Gasteiger partial charge is 0.249 e. The summed E-state index contributed by atoms with van der Waals surface area (Å²) < 4.78 is 13.2. The summed E-state index contributed by atoms with van der Waals surface area (Å²) in [6.45, 7) is 0. The van der Waals surface area contributed by atoms with E-state index in [4.69, 9.17) is 0 Å². The largest absolute Gasteiger partial charge is 0.307 e. The highest BCUT2D eigenvalue weighted by Gasteiger charge is 1.99. The molecule has 0 radical (unpaired) electrons. The molecule has 2 aromatic rings. The van der Waals surface area contributed by atoms with Gasteiger partial charge in [0, 0.05) is 17.7 Å². The van der Waals surface area contributed by atoms with Gasteiger partial charge in [0.15, 0.2) is 0 Å². The standard InChI is InChI=1S/C12H10FN3O/c13-10-4-2-1-3-9(10)5-6-12(17)15-11-7-8-14-16-11/h1-8H,(H2,14,15,16,17). The number of carbonyl (C=O) groups is 1. The highest BCUT2D eigenvalue weighted by Crippen LogP contribution is 2.08. The van der Waals surface area contributed by atoms with Crippen LogP contribution in [0.4, 0.5) is 10.2 Å². The van der Waals surface area contributed by atoms with Gasteiger partial charge in [-0.2, -0.15) is 5.10 Å². The third kappa shape index (κ3) is 3.01. The molecule has 0 fully saturated rings. The Bertz CT molecular complexity index is 534. The van der Waals surface area contributed by atoms with Gasteiger partial charge in [-0.3, -0.25) is 9.89 Å². The summed E-state index contributed by atoms with van der Waals surface area (Å²) in [6.07, 6.45) is 4.20. The van der Waals surface area contributed by atoms with Crippen LogP contribution in [0.3, 0.4) is 0 Å². The van der Waals surface area contributed by atoms with Crippen molar-refractivity contribution in [2.45, 2.75) is 0 Å². The summed E-state index contributed by atoms with van der Waals surface area (Å²) in [7, 11) is 0. The third-order valence-electron chi connectivity index (χ3n) is 2.08. The van der Waals surface area contributed by atoms with Crippen LogP contribution in [0.25, 0.3) is 6.08 Å². The molecule has 0 spiro atoms. The highest BCUT2D eigenvalue weighted by molar-refractivity contribution is 6.01. The molecular weight excluding hydrogens is 221 g/mol. The Morgan fingerprint density at radius 2 is 2.18 bits per heavy atom. The molecule has 1 aromatic carbocycles. The molecule has 17 heavy (non-hydrogen) atoms. The van der Waals surface area contributed by atoms with Crippen LogP contribution >= 0.6 is 0 Å². The maximum absolute atomic E-state index is 13.2. The van der Waals surface area contributed by atoms with Gasteiger partial charge in [-0.25, -0.2) is 4.39 Å². The van der Waals surface area contributed by atoms with Crippen molar-refractivity contribution in [3.63, 3.8) is 0 Å². The Kier molecular flexibility index (Phi) is 3.30. The van der Waals surface area contributed by atoms with E-state index in [9.17, 15) is 9.18 Å². The molecule has 2 rings (SSSR count). The molecule has 0 aliphatic heterocycles. The molecule has 0 aliphatic carbocycles. The number of amides is 1. The van der Waals surface area contributed by atoms with Crippen molar-refractivity contribution < 1.29 is 9.18 Å². The molecule has 0 unspecified atom stereocenters. The van der Waals surface area contributed by atoms with Gasteiger partial charge in [0.25, 0.3) is 0 Å². The lowest BCUT2D eigenvalue weighted by atomic mass is 10.2. The van der Waals surface area contributed by atoms with Gasteiger partial charge >= 0.3 is 0 Å². The first-order valence-corrected chi connectivity index (χ1v) is 4.98. The first kappa shape index (κ1) is 11.1. The number of aromatic nitrogens is 2. The number of hydrogen-bond donors (Lipinski definition) is 2. The van der Waals surface area contributed by atoms with Gasteiger partial charge in [-0.05, 0) is 12.1 Å². The van der Waals surface area contributed by atoms with E-state index in [1.165, 1.54) is 24.4 Å². The number of halogens is 1. The second-order valence-electron chi connectivity index (χ2n) is 3.31. The van der Waals surface area contributed by atoms with Crippen molar-refractivity contribution in [3.05, 3.63) is 54.0 Å². The molecule has 2 N–H and O–H groups in total. The van der Waals surface area contributed by atoms with E-state index in [1.807, 2.05) is 0 Å². The quantitative estimate of drug-likeness (QED) is 0.795. The zero-order valence-corrected chi connectivity index (χ0v) is 8.85. The SMILES string of the molecule is O=C(C=Cc1ccccc1F)Nc1ccn[nH]1. The van der Waals surface area contributed by atoms with E-state index in [-0.39, 0.29) is 11.7 Å². The lowest BCUT2D eigenvalue weighted by Gasteiger charge is -1.97. The van der Waals surface area contributed by atoms with E-state index in [2.05, 4.69) is 15.5 Å². The Morgan fingerprint density at radius 3 is 2.88 bits per heavy atom. The molecule has 0 atom stereocenters. The second-order valence-corrected chi connectivity index (χ2v) is 3.31. The fourth-order valence-corrected chi connectivity index (χ4v) is 1.28. The molecule has 1 heterocycles. The summed E-state index contributed by atoms with van der Waals surface area (Å²) in [5.74, 6) is -0.219. The molecule has 5 heteroatoms. The number of hydrogen-bond acceptors (Lipinski definition) is 2. The van der Waals surface area contributed by atoms with E-state index in [1.54, 1.807) is 24.3 Å². The number of anilines is 1. The van der Waals surface area contributed by atoms with Gasteiger partial charge in [0.05, 0.1) is 6.20 Å². The van der Waals surface area contributed by atoms with Crippen LogP contribution in [-0.4, -0.2) is 16.1 Å². The van der Waals surface area contributed by atoms with Crippen molar-refractivity contribution >= 4 is 17.8 Å². The molecule has 86 valence electrons. The normalized spacial score (nSPS) is 10.6. The topological polar surface area (TPSA) is 57.8 Å². The molecule has 1 amide bonds. The molecule has 1 aromatic heterocycles. The molecular formula is C12H10FN3O. The Hall–Kier alpha value is -2.43. The summed E-state index contributed by atoms with van der Waals surface area (Å²) in [5.41, 5.74) is 0.368. The minimum atomic E-state index is -0.363. The number of aromatic amines is 1. The number of benzene rings is 1. The van der Waals surface area contributed by atoms with E-state index in [0.717, 1.165) is 0 Å². The van der Waals surface area contributed by atoms with Crippen LogP contribution in [-0.2, 0) is 4.79 Å². The fraction of sp³-hybridized carbons (Fsp3) is 0. The van der Waals surface area contributed by atoms with Gasteiger partial charge in [0.1, 0.15) is 11.6 Å². The molecule has 0 saturated carbocycles. The first-order chi connectivity index (χ1) is 8.25. The van der Waals surface area contributed by atoms with Crippen LogP contribution in [0.2, 0.25) is 0 Å². The van der Waals surface area contributed by atoms with Crippen molar-refractivity contribution in [1.29, 1.82) is 0 Å². The van der Waals surface area contributed by atoms with E-state index in [0.29, 0.717) is 11.4 Å². The van der Waals surface area contributed by atoms with Crippen LogP contribution in [0.1, 0.15) is 5.56 Å². The summed E-state index contributed by atoms with van der Waals surface area (Å²) in [5, 5.41) is 8.82. The Labute approximate surface area is 97.2 Å². The molecule has 0 bridgehead atoms. The number of H-pyrrole nitrogens is 1. The van der Waals surface area contributed by atoms with Crippen LogP contribution in [0, 0.1) is 5.82 Å². The van der Waals surface area contributed by atoms with Crippen molar-refractivity contribution in [1.82, 2.24) is 10.2 Å². The lowest BCUT2D eigenvalue weighted by molar-refractivity contribution is -0.111. The van der Waals surface area contributed by atoms with Crippen molar-refractivity contribution in [2.75, 3.05) is 5.32 Å². The second kappa shape index (κ2) is 5.07. The predicted molar refractivity (Wildman–Crippen MR) is 62.7 cm³/mol. The Morgan fingerprint density at radius 1 is 1.35 bits per heavy atom. The summed E-state index contributed by atoms with van der Waals surface area (Å²) in [4.78, 5) is 11.4. The van der Waals surface area contributed by atoms with E-state index < -0.39 is 0 Å². The van der Waals surface area contributed by atoms with Gasteiger partial charge in [-0.15, -0.1) is 0 Å². The predicted octanol–water partition coefficient (Wildman–Crippen LogP) is 2.20. The van der Waals surface area contributed by atoms with Gasteiger partial charge in [0.2, 0.25) is 5.91 Å². The minimum Gasteiger partial charge on any atom is -0.307 e. The van der Waals surface area contributed by atoms with Crippen LogP contribution in [0.15, 0.2) is 42.6 Å². The fourth-order valence-electron chi connectivity index (χ4n) is 1.28. The van der Waals surface area contributed by atoms with Crippen molar-refractivity contribution in [3.8, 4) is 0 Å². The lowest BCUT2D eigenvalue weighted by Crippen LogP contribution is -2.07. The maximum Gasteiger partial charge on any atom is 0.249 e. The third-order valence-corrected chi connectivity index (χ3v) is 2.08. The number of nitrogens with zero attached hydrogens (tertiary/aromatic N) is 1. The van der Waals surface area contributed by atoms with Gasteiger partial charge < -0.3 is 5.32 Å². The highest BCUT2D eigenvalue weighted by atomic mass is 19.1. The first-order valence-electron chi connectivity index (χ1n) is 4.98. The monoisotopic (exact) mass is 231 g/mol. The van der Waals surface area contributed by atoms with Gasteiger partial charge in [-0.1, -0.05) is 18.2 Å². The summed E-state index contributed by atoms with van der Waals surface area (Å²) in [6, 6.07) is 7.85. The number of carbonyl (C=O) groups excluding carboxylic acids is 1. The molecule has 0 aliphatic rings. The average Bonchev–Trinajstić information content (AvgIpc) is 2.81. The maximum atomic E-state index is 13.2. The van der Waals surface area contributed by atoms with Crippen molar-refractivity contribution in [2.24, 2.45) is 0 Å². The zero-order chi connectivity index (χ0) is 12.1. The minimum absolute atomic E-state index is 0.350. The summed E-state index contributed by atoms with van der Waals surface area (Å²) >= 11 is 0. The number of rotatable bonds is 3. The zero-order valence-electron chi connectivity index (χ0n) is 8.85. The van der Waals surface area contributed by atoms with Crippen LogP contribution < -0.4 is 5.32 Å². The Balaban J connectivity index is 2.01. The van der Waals surface area contributed by atoms with Crippen LogP contribution in [0.5, 0.6) is 0 Å². The van der Waals surface area contributed by atoms with E-state index >= 15 is 0 Å². The average molecular weight is 231 g/mol. The molecule has 0 saturated heterocycles.